The van der Waals surface area contributed by atoms with Crippen LogP contribution in [0.5, 0.6) is 0 Å². The van der Waals surface area contributed by atoms with E-state index in [0.29, 0.717) is 5.56 Å². The molecule has 0 unspecified atom stereocenters. The van der Waals surface area contributed by atoms with E-state index < -0.39 is 16.0 Å². The maximum absolute atomic E-state index is 12.2. The third-order valence-electron chi connectivity index (χ3n) is 3.00. The summed E-state index contributed by atoms with van der Waals surface area (Å²) >= 11 is 0. The lowest BCUT2D eigenvalue weighted by Gasteiger charge is -2.14. The van der Waals surface area contributed by atoms with Gasteiger partial charge >= 0.3 is 5.97 Å². The predicted octanol–water partition coefficient (Wildman–Crippen LogP) is 2.25. The third-order valence-corrected chi connectivity index (χ3v) is 4.59. The summed E-state index contributed by atoms with van der Waals surface area (Å²) in [5.74, 6) is -0.541. The van der Waals surface area contributed by atoms with E-state index in [-0.39, 0.29) is 16.5 Å². The molecule has 1 atom stereocenters. The van der Waals surface area contributed by atoms with Gasteiger partial charge in [-0.3, -0.25) is 0 Å². The number of hydrogen-bond acceptors (Lipinski definition) is 4. The molecule has 1 rings (SSSR count). The summed E-state index contributed by atoms with van der Waals surface area (Å²) in [6, 6.07) is 4.30. The molecule has 1 aromatic rings. The van der Waals surface area contributed by atoms with E-state index in [0.717, 1.165) is 12.8 Å². The van der Waals surface area contributed by atoms with Crippen molar-refractivity contribution >= 4 is 16.0 Å². The molecule has 1 aromatic carbocycles. The van der Waals surface area contributed by atoms with Crippen LogP contribution in [0.2, 0.25) is 0 Å². The Labute approximate surface area is 120 Å². The van der Waals surface area contributed by atoms with Gasteiger partial charge in [-0.2, -0.15) is 0 Å². The van der Waals surface area contributed by atoms with Crippen LogP contribution in [0.15, 0.2) is 23.1 Å². The van der Waals surface area contributed by atoms with Crippen molar-refractivity contribution in [2.75, 3.05) is 7.11 Å². The molecule has 0 fully saturated rings. The summed E-state index contributed by atoms with van der Waals surface area (Å²) in [5, 5.41) is 0. The molecule has 0 aliphatic carbocycles. The minimum atomic E-state index is -3.62. The lowest BCUT2D eigenvalue weighted by atomic mass is 10.1. The van der Waals surface area contributed by atoms with Gasteiger partial charge in [0, 0.05) is 6.04 Å². The normalized spacial score (nSPS) is 13.0. The molecule has 6 heteroatoms. The van der Waals surface area contributed by atoms with Gasteiger partial charge in [0.15, 0.2) is 0 Å². The lowest BCUT2D eigenvalue weighted by molar-refractivity contribution is 0.0599. The number of carbonyl (C=O) groups is 1. The maximum atomic E-state index is 12.2. The van der Waals surface area contributed by atoms with Crippen molar-refractivity contribution in [1.82, 2.24) is 4.72 Å². The Morgan fingerprint density at radius 3 is 2.60 bits per heavy atom. The minimum Gasteiger partial charge on any atom is -0.465 e. The largest absolute Gasteiger partial charge is 0.465 e. The Balaban J connectivity index is 3.10. The molecule has 0 bridgehead atoms. The van der Waals surface area contributed by atoms with Crippen LogP contribution in [0.4, 0.5) is 0 Å². The molecule has 0 saturated carbocycles. The van der Waals surface area contributed by atoms with Crippen molar-refractivity contribution in [3.05, 3.63) is 29.3 Å². The Morgan fingerprint density at radius 2 is 2.05 bits per heavy atom. The second-order valence-corrected chi connectivity index (χ2v) is 6.49. The number of benzene rings is 1. The van der Waals surface area contributed by atoms with Gasteiger partial charge in [-0.05, 0) is 38.0 Å². The quantitative estimate of drug-likeness (QED) is 0.818. The monoisotopic (exact) mass is 299 g/mol. The predicted molar refractivity (Wildman–Crippen MR) is 77.2 cm³/mol. The highest BCUT2D eigenvalue weighted by atomic mass is 32.2. The molecule has 1 N–H and O–H groups in total. The molecular formula is C14H21NO4S. The summed E-state index contributed by atoms with van der Waals surface area (Å²) in [7, 11) is -2.35. The minimum absolute atomic E-state index is 0.0754. The zero-order valence-corrected chi connectivity index (χ0v) is 13.1. The number of methoxy groups -OCH3 is 1. The van der Waals surface area contributed by atoms with Gasteiger partial charge in [-0.25, -0.2) is 17.9 Å². The standard InChI is InChI=1S/C14H21NO4S/c1-5-6-11(3)15-20(17,18)12-8-7-10(2)13(9-12)14(16)19-4/h7-9,11,15H,5-6H2,1-4H3/t11-/m1/s1. The van der Waals surface area contributed by atoms with Crippen molar-refractivity contribution in [3.8, 4) is 0 Å². The fourth-order valence-corrected chi connectivity index (χ4v) is 3.23. The van der Waals surface area contributed by atoms with Gasteiger partial charge in [-0.1, -0.05) is 19.4 Å². The van der Waals surface area contributed by atoms with E-state index in [2.05, 4.69) is 9.46 Å². The molecule has 0 radical (unpaired) electrons. The van der Waals surface area contributed by atoms with Crippen LogP contribution in [0.25, 0.3) is 0 Å². The summed E-state index contributed by atoms with van der Waals surface area (Å²) in [6.07, 6.45) is 1.65. The number of esters is 1. The molecular weight excluding hydrogens is 278 g/mol. The van der Waals surface area contributed by atoms with E-state index >= 15 is 0 Å². The smallest absolute Gasteiger partial charge is 0.338 e. The van der Waals surface area contributed by atoms with Gasteiger partial charge < -0.3 is 4.74 Å². The molecule has 112 valence electrons. The number of rotatable bonds is 6. The highest BCUT2D eigenvalue weighted by Gasteiger charge is 2.20. The first kappa shape index (κ1) is 16.7. The number of ether oxygens (including phenoxy) is 1. The highest BCUT2D eigenvalue weighted by Crippen LogP contribution is 2.17. The van der Waals surface area contributed by atoms with Crippen LogP contribution in [0.3, 0.4) is 0 Å². The average Bonchev–Trinajstić information content (AvgIpc) is 2.37. The van der Waals surface area contributed by atoms with E-state index in [1.165, 1.54) is 19.2 Å². The summed E-state index contributed by atoms with van der Waals surface area (Å²) in [4.78, 5) is 11.7. The molecule has 0 aliphatic heterocycles. The molecule has 20 heavy (non-hydrogen) atoms. The van der Waals surface area contributed by atoms with Crippen molar-refractivity contribution in [1.29, 1.82) is 0 Å². The van der Waals surface area contributed by atoms with E-state index in [1.54, 1.807) is 13.0 Å². The lowest BCUT2D eigenvalue weighted by Crippen LogP contribution is -2.32. The van der Waals surface area contributed by atoms with Crippen LogP contribution < -0.4 is 4.72 Å². The number of nitrogens with one attached hydrogen (secondary N) is 1. The van der Waals surface area contributed by atoms with Crippen molar-refractivity contribution in [3.63, 3.8) is 0 Å². The summed E-state index contributed by atoms with van der Waals surface area (Å²) < 4.78 is 31.7. The molecule has 5 nitrogen and oxygen atoms in total. The first-order chi connectivity index (χ1) is 9.31. The Kier molecular flexibility index (Phi) is 5.71. The van der Waals surface area contributed by atoms with Crippen LogP contribution in [-0.4, -0.2) is 27.5 Å². The van der Waals surface area contributed by atoms with E-state index in [1.807, 2.05) is 13.8 Å². The van der Waals surface area contributed by atoms with Crippen LogP contribution in [0, 0.1) is 6.92 Å². The summed E-state index contributed by atoms with van der Waals surface area (Å²) in [6.45, 7) is 5.54. The van der Waals surface area contributed by atoms with Gasteiger partial charge in [0.05, 0.1) is 17.6 Å². The van der Waals surface area contributed by atoms with Gasteiger partial charge in [0.1, 0.15) is 0 Å². The zero-order valence-electron chi connectivity index (χ0n) is 12.3. The fourth-order valence-electron chi connectivity index (χ4n) is 1.92. The van der Waals surface area contributed by atoms with Crippen LogP contribution >= 0.6 is 0 Å². The zero-order chi connectivity index (χ0) is 15.3. The maximum Gasteiger partial charge on any atom is 0.338 e. The van der Waals surface area contributed by atoms with Crippen LogP contribution in [0.1, 0.15) is 42.6 Å². The first-order valence-corrected chi connectivity index (χ1v) is 8.01. The summed E-state index contributed by atoms with van der Waals surface area (Å²) in [5.41, 5.74) is 0.941. The SMILES string of the molecule is CCC[C@@H](C)NS(=O)(=O)c1ccc(C)c(C(=O)OC)c1. The van der Waals surface area contributed by atoms with Gasteiger partial charge in [0.2, 0.25) is 10.0 Å². The molecule has 0 heterocycles. The second kappa shape index (κ2) is 6.85. The number of hydrogen-bond donors (Lipinski definition) is 1. The topological polar surface area (TPSA) is 72.5 Å². The van der Waals surface area contributed by atoms with Crippen LogP contribution in [-0.2, 0) is 14.8 Å². The molecule has 0 saturated heterocycles. The Hall–Kier alpha value is -1.40. The first-order valence-electron chi connectivity index (χ1n) is 6.53. The highest BCUT2D eigenvalue weighted by molar-refractivity contribution is 7.89. The average molecular weight is 299 g/mol. The molecule has 0 spiro atoms. The number of sulfonamides is 1. The van der Waals surface area contributed by atoms with Crippen molar-refractivity contribution in [2.24, 2.45) is 0 Å². The Morgan fingerprint density at radius 1 is 1.40 bits per heavy atom. The second-order valence-electron chi connectivity index (χ2n) is 4.78. The number of aryl methyl sites for hydroxylation is 1. The van der Waals surface area contributed by atoms with Crippen molar-refractivity contribution < 1.29 is 17.9 Å². The van der Waals surface area contributed by atoms with E-state index in [4.69, 9.17) is 0 Å². The van der Waals surface area contributed by atoms with Gasteiger partial charge in [0.25, 0.3) is 0 Å². The molecule has 0 amide bonds. The fraction of sp³-hybridized carbons (Fsp3) is 0.500. The molecule has 0 aromatic heterocycles. The molecule has 0 aliphatic rings. The third kappa shape index (κ3) is 4.05. The van der Waals surface area contributed by atoms with Crippen molar-refractivity contribution in [2.45, 2.75) is 44.6 Å². The van der Waals surface area contributed by atoms with E-state index in [9.17, 15) is 13.2 Å². The number of carbonyl (C=O) groups excluding carboxylic acids is 1. The van der Waals surface area contributed by atoms with Gasteiger partial charge in [-0.15, -0.1) is 0 Å². The Bertz CT molecular complexity index is 581.